The summed E-state index contributed by atoms with van der Waals surface area (Å²) in [7, 11) is -1.27. The van der Waals surface area contributed by atoms with Gasteiger partial charge in [-0.25, -0.2) is 12.7 Å². The lowest BCUT2D eigenvalue weighted by molar-refractivity contribution is 0.450. The molecule has 0 radical (unpaired) electrons. The van der Waals surface area contributed by atoms with Gasteiger partial charge in [0, 0.05) is 13.1 Å². The molecule has 106 valence electrons. The van der Waals surface area contributed by atoms with Gasteiger partial charge in [0.2, 0.25) is 10.0 Å². The minimum atomic E-state index is -3.18. The first kappa shape index (κ1) is 14.5. The first-order valence-corrected chi connectivity index (χ1v) is 8.30. The Balaban J connectivity index is 2.03. The number of hydrogen-bond acceptors (Lipinski definition) is 3. The van der Waals surface area contributed by atoms with E-state index < -0.39 is 10.0 Å². The van der Waals surface area contributed by atoms with Gasteiger partial charge in [-0.1, -0.05) is 29.8 Å². The van der Waals surface area contributed by atoms with E-state index in [0.29, 0.717) is 19.0 Å². The predicted molar refractivity (Wildman–Crippen MR) is 77.4 cm³/mol. The largest absolute Gasteiger partial charge is 0.319 e. The maximum atomic E-state index is 12.4. The maximum Gasteiger partial charge on any atom is 0.218 e. The Morgan fingerprint density at radius 1 is 1.42 bits per heavy atom. The van der Waals surface area contributed by atoms with Crippen LogP contribution in [0.1, 0.15) is 17.5 Å². The standard InChI is InChI=1S/C14H22N2O2S/c1-12-4-3-5-13(8-12)11-19(17,18)16-7-6-14(10-16)9-15-2/h3-5,8,14-15H,6-7,9-11H2,1-2H3. The molecule has 1 fully saturated rings. The highest BCUT2D eigenvalue weighted by Crippen LogP contribution is 2.21. The van der Waals surface area contributed by atoms with Crippen LogP contribution in [0.15, 0.2) is 24.3 Å². The fraction of sp³-hybridized carbons (Fsp3) is 0.571. The van der Waals surface area contributed by atoms with Crippen molar-refractivity contribution in [2.24, 2.45) is 5.92 Å². The van der Waals surface area contributed by atoms with Gasteiger partial charge in [0.05, 0.1) is 5.75 Å². The molecule has 0 bridgehead atoms. The number of nitrogens with zero attached hydrogens (tertiary/aromatic N) is 1. The topological polar surface area (TPSA) is 49.4 Å². The summed E-state index contributed by atoms with van der Waals surface area (Å²) >= 11 is 0. The number of rotatable bonds is 5. The summed E-state index contributed by atoms with van der Waals surface area (Å²) in [5.74, 6) is 0.554. The van der Waals surface area contributed by atoms with E-state index in [1.807, 2.05) is 38.2 Å². The Morgan fingerprint density at radius 2 is 2.21 bits per heavy atom. The van der Waals surface area contributed by atoms with Gasteiger partial charge in [0.25, 0.3) is 0 Å². The van der Waals surface area contributed by atoms with Gasteiger partial charge in [-0.3, -0.25) is 0 Å². The number of nitrogens with one attached hydrogen (secondary N) is 1. The molecule has 19 heavy (non-hydrogen) atoms. The molecule has 0 saturated carbocycles. The first-order chi connectivity index (χ1) is 9.01. The van der Waals surface area contributed by atoms with Gasteiger partial charge < -0.3 is 5.32 Å². The molecule has 1 N–H and O–H groups in total. The van der Waals surface area contributed by atoms with Crippen LogP contribution < -0.4 is 5.32 Å². The van der Waals surface area contributed by atoms with E-state index in [9.17, 15) is 8.42 Å². The van der Waals surface area contributed by atoms with Crippen LogP contribution in [0.3, 0.4) is 0 Å². The van der Waals surface area contributed by atoms with Gasteiger partial charge in [0.15, 0.2) is 0 Å². The average Bonchev–Trinajstić information content (AvgIpc) is 2.78. The van der Waals surface area contributed by atoms with E-state index in [0.717, 1.165) is 24.1 Å². The molecule has 1 aliphatic heterocycles. The van der Waals surface area contributed by atoms with E-state index in [2.05, 4.69) is 5.32 Å². The summed E-state index contributed by atoms with van der Waals surface area (Å²) in [4.78, 5) is 0. The minimum Gasteiger partial charge on any atom is -0.319 e. The quantitative estimate of drug-likeness (QED) is 0.887. The van der Waals surface area contributed by atoms with Gasteiger partial charge in [-0.05, 0) is 38.4 Å². The zero-order valence-electron chi connectivity index (χ0n) is 11.6. The van der Waals surface area contributed by atoms with Crippen LogP contribution >= 0.6 is 0 Å². The average molecular weight is 282 g/mol. The van der Waals surface area contributed by atoms with E-state index >= 15 is 0 Å². The van der Waals surface area contributed by atoms with Crippen LogP contribution in [0.25, 0.3) is 0 Å². The molecule has 1 unspecified atom stereocenters. The Morgan fingerprint density at radius 3 is 2.89 bits per heavy atom. The lowest BCUT2D eigenvalue weighted by Crippen LogP contribution is -2.31. The molecule has 1 heterocycles. The van der Waals surface area contributed by atoms with Crippen LogP contribution in [-0.4, -0.2) is 39.4 Å². The molecule has 0 aromatic heterocycles. The zero-order valence-corrected chi connectivity index (χ0v) is 12.4. The number of aryl methyl sites for hydroxylation is 1. The third-order valence-corrected chi connectivity index (χ3v) is 5.38. The SMILES string of the molecule is CNCC1CCN(S(=O)(=O)Cc2cccc(C)c2)C1. The highest BCUT2D eigenvalue weighted by atomic mass is 32.2. The van der Waals surface area contributed by atoms with E-state index in [4.69, 9.17) is 0 Å². The molecule has 4 nitrogen and oxygen atoms in total. The second-order valence-corrected chi connectivity index (χ2v) is 7.28. The van der Waals surface area contributed by atoms with Crippen LogP contribution in [0, 0.1) is 12.8 Å². The molecular formula is C14H22N2O2S. The molecule has 0 spiro atoms. The fourth-order valence-corrected chi connectivity index (χ4v) is 4.21. The highest BCUT2D eigenvalue weighted by Gasteiger charge is 2.30. The lowest BCUT2D eigenvalue weighted by atomic mass is 10.1. The van der Waals surface area contributed by atoms with Crippen molar-refractivity contribution >= 4 is 10.0 Å². The molecule has 1 atom stereocenters. The van der Waals surface area contributed by atoms with Crippen LogP contribution in [0.4, 0.5) is 0 Å². The van der Waals surface area contributed by atoms with Crippen LogP contribution in [-0.2, 0) is 15.8 Å². The fourth-order valence-electron chi connectivity index (χ4n) is 2.61. The van der Waals surface area contributed by atoms with Crippen molar-refractivity contribution in [1.82, 2.24) is 9.62 Å². The molecule has 5 heteroatoms. The van der Waals surface area contributed by atoms with Crippen LogP contribution in [0.2, 0.25) is 0 Å². The number of hydrogen-bond donors (Lipinski definition) is 1. The maximum absolute atomic E-state index is 12.4. The van der Waals surface area contributed by atoms with E-state index in [1.54, 1.807) is 4.31 Å². The molecule has 2 rings (SSSR count). The Labute approximate surface area is 115 Å². The summed E-state index contributed by atoms with van der Waals surface area (Å²) < 4.78 is 26.4. The molecule has 0 amide bonds. The smallest absolute Gasteiger partial charge is 0.218 e. The van der Waals surface area contributed by atoms with E-state index in [-0.39, 0.29) is 5.75 Å². The number of sulfonamides is 1. The van der Waals surface area contributed by atoms with Gasteiger partial charge in [-0.2, -0.15) is 0 Å². The molecule has 1 aliphatic rings. The van der Waals surface area contributed by atoms with Crippen molar-refractivity contribution in [3.05, 3.63) is 35.4 Å². The van der Waals surface area contributed by atoms with Crippen molar-refractivity contribution in [2.45, 2.75) is 19.1 Å². The summed E-state index contributed by atoms with van der Waals surface area (Å²) in [6.45, 7) is 4.17. The Bertz CT molecular complexity index is 528. The second kappa shape index (κ2) is 6.03. The van der Waals surface area contributed by atoms with Crippen molar-refractivity contribution in [1.29, 1.82) is 0 Å². The van der Waals surface area contributed by atoms with Crippen LogP contribution in [0.5, 0.6) is 0 Å². The molecular weight excluding hydrogens is 260 g/mol. The molecule has 0 aliphatic carbocycles. The summed E-state index contributed by atoms with van der Waals surface area (Å²) in [6.07, 6.45) is 0.952. The van der Waals surface area contributed by atoms with Crippen molar-refractivity contribution < 1.29 is 8.42 Å². The van der Waals surface area contributed by atoms with Gasteiger partial charge in [-0.15, -0.1) is 0 Å². The highest BCUT2D eigenvalue weighted by molar-refractivity contribution is 7.88. The van der Waals surface area contributed by atoms with Crippen molar-refractivity contribution in [2.75, 3.05) is 26.7 Å². The molecule has 1 aromatic carbocycles. The zero-order chi connectivity index (χ0) is 13.9. The van der Waals surface area contributed by atoms with E-state index in [1.165, 1.54) is 0 Å². The normalized spacial score (nSPS) is 20.8. The molecule has 1 aromatic rings. The first-order valence-electron chi connectivity index (χ1n) is 6.69. The predicted octanol–water partition coefficient (Wildman–Crippen LogP) is 1.37. The Hall–Kier alpha value is -0.910. The second-order valence-electron chi connectivity index (χ2n) is 5.32. The lowest BCUT2D eigenvalue weighted by Gasteiger charge is -2.16. The summed E-state index contributed by atoms with van der Waals surface area (Å²) in [5, 5.41) is 3.12. The number of benzene rings is 1. The monoisotopic (exact) mass is 282 g/mol. The van der Waals surface area contributed by atoms with Crippen molar-refractivity contribution in [3.63, 3.8) is 0 Å². The third kappa shape index (κ3) is 3.78. The summed E-state index contributed by atoms with van der Waals surface area (Å²) in [5.41, 5.74) is 1.97. The van der Waals surface area contributed by atoms with Gasteiger partial charge in [0.1, 0.15) is 0 Å². The summed E-state index contributed by atoms with van der Waals surface area (Å²) in [6, 6.07) is 7.72. The minimum absolute atomic E-state index is 0.112. The molecule has 1 saturated heterocycles. The van der Waals surface area contributed by atoms with Gasteiger partial charge >= 0.3 is 0 Å². The third-order valence-electron chi connectivity index (χ3n) is 3.57. The van der Waals surface area contributed by atoms with Crippen molar-refractivity contribution in [3.8, 4) is 0 Å². The Kier molecular flexibility index (Phi) is 4.60.